The number of hydrogen-bond donors (Lipinski definition) is 1. The molecule has 0 bridgehead atoms. The van der Waals surface area contributed by atoms with Crippen LogP contribution in [0.15, 0.2) is 24.3 Å². The molecule has 1 aliphatic heterocycles. The SMILES string of the molecule is CC(CCN)CN1CCCc2ccccc2C1. The molecule has 0 saturated heterocycles. The molecule has 1 heterocycles. The highest BCUT2D eigenvalue weighted by Gasteiger charge is 2.15. The van der Waals surface area contributed by atoms with Gasteiger partial charge in [-0.1, -0.05) is 31.2 Å². The minimum atomic E-state index is 0.713. The molecular weight excluding hydrogens is 208 g/mol. The van der Waals surface area contributed by atoms with E-state index in [0.717, 1.165) is 19.5 Å². The number of benzene rings is 1. The Balaban J connectivity index is 1.98. The zero-order valence-electron chi connectivity index (χ0n) is 10.9. The highest BCUT2D eigenvalue weighted by Crippen LogP contribution is 2.19. The van der Waals surface area contributed by atoms with E-state index in [1.807, 2.05) is 0 Å². The van der Waals surface area contributed by atoms with Crippen LogP contribution in [-0.2, 0) is 13.0 Å². The Hall–Kier alpha value is -0.860. The lowest BCUT2D eigenvalue weighted by molar-refractivity contribution is 0.228. The van der Waals surface area contributed by atoms with Crippen LogP contribution < -0.4 is 5.73 Å². The van der Waals surface area contributed by atoms with Gasteiger partial charge in [0.25, 0.3) is 0 Å². The molecule has 1 aromatic rings. The summed E-state index contributed by atoms with van der Waals surface area (Å²) in [4.78, 5) is 2.59. The summed E-state index contributed by atoms with van der Waals surface area (Å²) in [6, 6.07) is 8.88. The summed E-state index contributed by atoms with van der Waals surface area (Å²) in [5, 5.41) is 0. The minimum absolute atomic E-state index is 0.713. The molecule has 2 N–H and O–H groups in total. The first kappa shape index (κ1) is 12.6. The van der Waals surface area contributed by atoms with Gasteiger partial charge in [0.2, 0.25) is 0 Å². The van der Waals surface area contributed by atoms with E-state index in [-0.39, 0.29) is 0 Å². The fraction of sp³-hybridized carbons (Fsp3) is 0.600. The van der Waals surface area contributed by atoms with E-state index in [4.69, 9.17) is 5.73 Å². The highest BCUT2D eigenvalue weighted by molar-refractivity contribution is 5.27. The maximum atomic E-state index is 5.62. The Morgan fingerprint density at radius 3 is 2.82 bits per heavy atom. The van der Waals surface area contributed by atoms with Gasteiger partial charge in [-0.05, 0) is 49.4 Å². The standard InChI is InChI=1S/C15H24N2/c1-13(8-9-16)11-17-10-4-7-14-5-2-3-6-15(14)12-17/h2-3,5-6,13H,4,7-12,16H2,1H3. The van der Waals surface area contributed by atoms with E-state index < -0.39 is 0 Å². The van der Waals surface area contributed by atoms with Crippen LogP contribution in [0, 0.1) is 5.92 Å². The molecule has 0 aromatic heterocycles. The molecule has 17 heavy (non-hydrogen) atoms. The fourth-order valence-electron chi connectivity index (χ4n) is 2.74. The molecule has 1 aliphatic rings. The van der Waals surface area contributed by atoms with Crippen LogP contribution in [-0.4, -0.2) is 24.5 Å². The van der Waals surface area contributed by atoms with Crippen molar-refractivity contribution in [2.75, 3.05) is 19.6 Å². The van der Waals surface area contributed by atoms with Gasteiger partial charge in [0, 0.05) is 13.1 Å². The lowest BCUT2D eigenvalue weighted by atomic mass is 10.0. The van der Waals surface area contributed by atoms with Crippen LogP contribution in [0.1, 0.15) is 30.9 Å². The van der Waals surface area contributed by atoms with Crippen LogP contribution in [0.25, 0.3) is 0 Å². The van der Waals surface area contributed by atoms with Gasteiger partial charge in [0.15, 0.2) is 0 Å². The second-order valence-electron chi connectivity index (χ2n) is 5.29. The summed E-state index contributed by atoms with van der Waals surface area (Å²) in [6.45, 7) is 6.65. The summed E-state index contributed by atoms with van der Waals surface area (Å²) < 4.78 is 0. The Morgan fingerprint density at radius 2 is 2.06 bits per heavy atom. The van der Waals surface area contributed by atoms with Gasteiger partial charge in [-0.15, -0.1) is 0 Å². The first-order valence-electron chi connectivity index (χ1n) is 6.79. The van der Waals surface area contributed by atoms with Crippen LogP contribution >= 0.6 is 0 Å². The zero-order chi connectivity index (χ0) is 12.1. The van der Waals surface area contributed by atoms with Crippen molar-refractivity contribution in [3.05, 3.63) is 35.4 Å². The van der Waals surface area contributed by atoms with Crippen molar-refractivity contribution >= 4 is 0 Å². The third-order valence-corrected chi connectivity index (χ3v) is 3.66. The number of fused-ring (bicyclic) bond motifs is 1. The predicted molar refractivity (Wildman–Crippen MR) is 72.9 cm³/mol. The molecule has 94 valence electrons. The Morgan fingerprint density at radius 1 is 1.29 bits per heavy atom. The molecular formula is C15H24N2. The van der Waals surface area contributed by atoms with Crippen molar-refractivity contribution in [2.24, 2.45) is 11.7 Å². The van der Waals surface area contributed by atoms with Crippen molar-refractivity contribution in [2.45, 2.75) is 32.7 Å². The van der Waals surface area contributed by atoms with Crippen LogP contribution in [0.3, 0.4) is 0 Å². The summed E-state index contributed by atoms with van der Waals surface area (Å²) >= 11 is 0. The quantitative estimate of drug-likeness (QED) is 0.864. The van der Waals surface area contributed by atoms with Crippen LogP contribution in [0.4, 0.5) is 0 Å². The summed E-state index contributed by atoms with van der Waals surface area (Å²) in [5.74, 6) is 0.713. The molecule has 0 spiro atoms. The molecule has 0 amide bonds. The van der Waals surface area contributed by atoms with Crippen molar-refractivity contribution in [1.82, 2.24) is 4.90 Å². The summed E-state index contributed by atoms with van der Waals surface area (Å²) in [7, 11) is 0. The molecule has 0 radical (unpaired) electrons. The molecule has 0 saturated carbocycles. The third-order valence-electron chi connectivity index (χ3n) is 3.66. The predicted octanol–water partition coefficient (Wildman–Crippen LogP) is 2.42. The largest absolute Gasteiger partial charge is 0.330 e. The average Bonchev–Trinajstić information content (AvgIpc) is 2.50. The maximum absolute atomic E-state index is 5.62. The minimum Gasteiger partial charge on any atom is -0.330 e. The third kappa shape index (κ3) is 3.55. The second kappa shape index (κ2) is 6.18. The molecule has 1 unspecified atom stereocenters. The van der Waals surface area contributed by atoms with Crippen LogP contribution in [0.5, 0.6) is 0 Å². The van der Waals surface area contributed by atoms with Crippen molar-refractivity contribution in [3.8, 4) is 0 Å². The molecule has 2 heteroatoms. The maximum Gasteiger partial charge on any atom is 0.0236 e. The van der Waals surface area contributed by atoms with E-state index in [1.54, 1.807) is 5.56 Å². The summed E-state index contributed by atoms with van der Waals surface area (Å²) in [6.07, 6.45) is 3.66. The smallest absolute Gasteiger partial charge is 0.0236 e. The average molecular weight is 232 g/mol. The number of rotatable bonds is 4. The van der Waals surface area contributed by atoms with E-state index in [1.165, 1.54) is 31.5 Å². The number of nitrogens with zero attached hydrogens (tertiary/aromatic N) is 1. The van der Waals surface area contributed by atoms with E-state index in [9.17, 15) is 0 Å². The second-order valence-corrected chi connectivity index (χ2v) is 5.29. The van der Waals surface area contributed by atoms with Gasteiger partial charge in [0.05, 0.1) is 0 Å². The van der Waals surface area contributed by atoms with Gasteiger partial charge in [-0.2, -0.15) is 0 Å². The molecule has 2 nitrogen and oxygen atoms in total. The van der Waals surface area contributed by atoms with E-state index in [0.29, 0.717) is 5.92 Å². The van der Waals surface area contributed by atoms with Gasteiger partial charge < -0.3 is 5.73 Å². The van der Waals surface area contributed by atoms with Gasteiger partial charge >= 0.3 is 0 Å². The highest BCUT2D eigenvalue weighted by atomic mass is 15.1. The lowest BCUT2D eigenvalue weighted by Gasteiger charge is -2.24. The van der Waals surface area contributed by atoms with Crippen molar-refractivity contribution in [3.63, 3.8) is 0 Å². The molecule has 2 rings (SSSR count). The Kier molecular flexibility index (Phi) is 4.57. The van der Waals surface area contributed by atoms with Crippen LogP contribution in [0.2, 0.25) is 0 Å². The van der Waals surface area contributed by atoms with Gasteiger partial charge in [-0.25, -0.2) is 0 Å². The molecule has 0 fully saturated rings. The van der Waals surface area contributed by atoms with Crippen molar-refractivity contribution < 1.29 is 0 Å². The van der Waals surface area contributed by atoms with Gasteiger partial charge in [0.1, 0.15) is 0 Å². The number of hydrogen-bond acceptors (Lipinski definition) is 2. The normalized spacial score (nSPS) is 18.5. The monoisotopic (exact) mass is 232 g/mol. The zero-order valence-corrected chi connectivity index (χ0v) is 10.9. The lowest BCUT2D eigenvalue weighted by Crippen LogP contribution is -2.29. The van der Waals surface area contributed by atoms with Crippen molar-refractivity contribution in [1.29, 1.82) is 0 Å². The molecule has 1 atom stereocenters. The fourth-order valence-corrected chi connectivity index (χ4v) is 2.74. The number of nitrogens with two attached hydrogens (primary N) is 1. The van der Waals surface area contributed by atoms with Gasteiger partial charge in [-0.3, -0.25) is 4.90 Å². The first-order valence-corrected chi connectivity index (χ1v) is 6.79. The van der Waals surface area contributed by atoms with E-state index >= 15 is 0 Å². The Labute approximate surface area is 105 Å². The number of aryl methyl sites for hydroxylation is 1. The van der Waals surface area contributed by atoms with E-state index in [2.05, 4.69) is 36.1 Å². The topological polar surface area (TPSA) is 29.3 Å². The molecule has 0 aliphatic carbocycles. The Bertz CT molecular complexity index is 349. The first-order chi connectivity index (χ1) is 8.29. The molecule has 1 aromatic carbocycles. The summed E-state index contributed by atoms with van der Waals surface area (Å²) in [5.41, 5.74) is 8.68.